The number of benzene rings is 2. The number of nitriles is 1. The fourth-order valence-electron chi connectivity index (χ4n) is 16.2. The van der Waals surface area contributed by atoms with E-state index in [9.17, 15) is 9.59 Å². The fraction of sp³-hybridized carbons (Fsp3) is 0.465. The molecular weight excluding hydrogens is 1480 g/mol. The molecular formula is C86H114ClN27O2. The second kappa shape index (κ2) is 42.5. The van der Waals surface area contributed by atoms with Crippen molar-refractivity contribution in [2.45, 2.75) is 123 Å². The number of H-pyrrole nitrogens is 5. The first-order chi connectivity index (χ1) is 56.3. The zero-order chi connectivity index (χ0) is 82.0. The number of nitrogens with one attached hydrogen (secondary N) is 8. The van der Waals surface area contributed by atoms with Gasteiger partial charge in [0.1, 0.15) is 94.7 Å². The molecule has 612 valence electrons. The molecule has 17 rings (SSSR count). The van der Waals surface area contributed by atoms with E-state index in [0.717, 1.165) is 150 Å². The number of likely N-dealkylation sites (tertiary alicyclic amines) is 3. The number of carbonyl (C=O) groups is 2. The number of halogens is 1. The molecule has 116 heavy (non-hydrogen) atoms. The third kappa shape index (κ3) is 22.5. The third-order valence-electron chi connectivity index (χ3n) is 23.3. The largest absolute Gasteiger partial charge is 0.354 e. The Morgan fingerprint density at radius 2 is 0.853 bits per heavy atom. The highest BCUT2D eigenvalue weighted by Gasteiger charge is 2.35. The highest BCUT2D eigenvalue weighted by molar-refractivity contribution is 6.33. The number of ketones is 1. The van der Waals surface area contributed by atoms with E-state index >= 15 is 0 Å². The Morgan fingerprint density at radius 3 is 1.23 bits per heavy atom. The number of rotatable bonds is 15. The number of anilines is 4. The molecule has 5 aliphatic heterocycles. The SMILES string of the molecule is CC1CCN(Cc2ccccc2)CC1N(C)c1ncnc2[nH]ccc12.CC1CCNCC1N(C)c1ncnc2[nH]ccc12.CNC1CN(Cc2ccccc2)CCC1C.C[C@@H]1CCN(C(=O)CC#N)C[C@@H]1N(C)c1ncnc2[nH]ccc12.C[C@@H]1CCNC[C@@H]1N(C)c1ncnc2[nH]ccc12.Clc1ncnc2[nH]ccc12.[C-]#[N+]CC(C)=O. The van der Waals surface area contributed by atoms with Crippen molar-refractivity contribution in [3.63, 3.8) is 0 Å². The minimum Gasteiger partial charge on any atom is -0.354 e. The fourth-order valence-corrected chi connectivity index (χ4v) is 16.4. The van der Waals surface area contributed by atoms with Crippen LogP contribution in [0.4, 0.5) is 23.3 Å². The van der Waals surface area contributed by atoms with E-state index in [0.29, 0.717) is 59.5 Å². The highest BCUT2D eigenvalue weighted by atomic mass is 35.5. The Kier molecular flexibility index (Phi) is 31.5. The summed E-state index contributed by atoms with van der Waals surface area (Å²) in [6, 6.07) is 35.7. The molecule has 1 amide bonds. The zero-order valence-corrected chi connectivity index (χ0v) is 69.6. The molecule has 0 saturated carbocycles. The summed E-state index contributed by atoms with van der Waals surface area (Å²) >= 11 is 5.73. The Labute approximate surface area is 685 Å². The van der Waals surface area contributed by atoms with E-state index < -0.39 is 0 Å². The average Bonchev–Trinajstić information content (AvgIpc) is 1.61. The number of carbonyl (C=O) groups excluding carboxylic acids is 2. The number of aromatic amines is 5. The molecule has 2 aromatic carbocycles. The molecule has 0 spiro atoms. The summed E-state index contributed by atoms with van der Waals surface area (Å²) in [5, 5.41) is 24.7. The van der Waals surface area contributed by atoms with Gasteiger partial charge in [0.15, 0.2) is 0 Å². The van der Waals surface area contributed by atoms with E-state index in [2.05, 4.69) is 254 Å². The number of Topliss-reactive ketones (excluding diaryl/α,β-unsaturated/α-hetero) is 1. The van der Waals surface area contributed by atoms with Crippen LogP contribution in [-0.2, 0) is 22.7 Å². The van der Waals surface area contributed by atoms with Gasteiger partial charge in [0, 0.05) is 143 Å². The number of hydrogen-bond donors (Lipinski definition) is 8. The molecule has 0 radical (unpaired) electrons. The number of fused-ring (bicyclic) bond motifs is 5. The van der Waals surface area contributed by atoms with E-state index in [1.807, 2.05) is 62.2 Å². The van der Waals surface area contributed by atoms with Crippen LogP contribution in [0.3, 0.4) is 0 Å². The molecule has 6 unspecified atom stereocenters. The summed E-state index contributed by atoms with van der Waals surface area (Å²) in [6.07, 6.45) is 23.1. The summed E-state index contributed by atoms with van der Waals surface area (Å²) < 4.78 is 0. The molecule has 30 heteroatoms. The van der Waals surface area contributed by atoms with Gasteiger partial charge in [0.05, 0.1) is 39.0 Å². The molecule has 15 heterocycles. The second-order valence-corrected chi connectivity index (χ2v) is 31.5. The molecule has 10 atom stereocenters. The van der Waals surface area contributed by atoms with E-state index in [1.165, 1.54) is 63.2 Å². The lowest BCUT2D eigenvalue weighted by Crippen LogP contribution is -2.52. The van der Waals surface area contributed by atoms with E-state index in [4.69, 9.17) is 23.4 Å². The molecule has 10 aromatic heterocycles. The van der Waals surface area contributed by atoms with Crippen molar-refractivity contribution in [1.29, 1.82) is 5.26 Å². The first kappa shape index (κ1) is 85.8. The maximum absolute atomic E-state index is 12.0. The van der Waals surface area contributed by atoms with Gasteiger partial charge in [-0.25, -0.2) is 56.4 Å². The van der Waals surface area contributed by atoms with Gasteiger partial charge in [-0.15, -0.1) is 0 Å². The molecule has 5 aliphatic rings. The van der Waals surface area contributed by atoms with Gasteiger partial charge in [-0.1, -0.05) is 107 Å². The van der Waals surface area contributed by atoms with Gasteiger partial charge in [-0.05, 0) is 136 Å². The zero-order valence-electron chi connectivity index (χ0n) is 68.8. The lowest BCUT2D eigenvalue weighted by molar-refractivity contribution is -0.131. The smallest absolute Gasteiger partial charge is 0.271 e. The molecule has 5 fully saturated rings. The van der Waals surface area contributed by atoms with Crippen LogP contribution in [0.1, 0.15) is 91.2 Å². The number of amides is 1. The maximum atomic E-state index is 12.0. The van der Waals surface area contributed by atoms with Crippen molar-refractivity contribution >= 4 is 102 Å². The van der Waals surface area contributed by atoms with Gasteiger partial charge in [-0.2, -0.15) is 5.26 Å². The molecule has 0 aliphatic carbocycles. The molecule has 12 aromatic rings. The number of likely N-dealkylation sites (N-methyl/N-ethyl adjacent to an activating group) is 5. The minimum atomic E-state index is -0.0905. The summed E-state index contributed by atoms with van der Waals surface area (Å²) in [7, 11) is 10.5. The van der Waals surface area contributed by atoms with Crippen molar-refractivity contribution in [3.8, 4) is 6.07 Å². The summed E-state index contributed by atoms with van der Waals surface area (Å²) in [5.74, 6) is 7.00. The van der Waals surface area contributed by atoms with E-state index in [1.54, 1.807) is 36.4 Å². The van der Waals surface area contributed by atoms with E-state index in [-0.39, 0.29) is 30.7 Å². The summed E-state index contributed by atoms with van der Waals surface area (Å²) in [5.41, 5.74) is 7.11. The van der Waals surface area contributed by atoms with Crippen LogP contribution in [0.15, 0.2) is 154 Å². The third-order valence-corrected chi connectivity index (χ3v) is 23.6. The van der Waals surface area contributed by atoms with Crippen molar-refractivity contribution in [1.82, 2.24) is 105 Å². The lowest BCUT2D eigenvalue weighted by atomic mass is 9.92. The van der Waals surface area contributed by atoms with Crippen LogP contribution < -0.4 is 35.6 Å². The molecule has 8 N–H and O–H groups in total. The number of aromatic nitrogens is 15. The number of hydrogen-bond acceptors (Lipinski definition) is 22. The van der Waals surface area contributed by atoms with Gasteiger partial charge in [0.2, 0.25) is 11.7 Å². The highest BCUT2D eigenvalue weighted by Crippen LogP contribution is 2.33. The van der Waals surface area contributed by atoms with Crippen molar-refractivity contribution in [3.05, 3.63) is 181 Å². The van der Waals surface area contributed by atoms with Crippen LogP contribution in [-0.4, -0.2) is 239 Å². The molecule has 29 nitrogen and oxygen atoms in total. The van der Waals surface area contributed by atoms with Gasteiger partial charge in [-0.3, -0.25) is 19.4 Å². The van der Waals surface area contributed by atoms with Crippen LogP contribution in [0.5, 0.6) is 0 Å². The number of piperidine rings is 5. The first-order valence-corrected chi connectivity index (χ1v) is 40.8. The summed E-state index contributed by atoms with van der Waals surface area (Å²) in [6.45, 7) is 31.4. The standard InChI is InChI=1S/C20H25N5.C16H20N6O.C14H22N2.2C13H19N5.C6H4ClN3.C4H5NO/c1-15-9-11-25(12-16-6-4-3-5-7-16)13-18(15)24(2)20-17-8-10-21-19(17)22-14-23-20;1-11-5-8-22(14(23)3-6-17)9-13(11)21(2)16-12-4-7-18-15(12)19-10-20-16;1-12-8-9-16(11-14(12)15-2)10-13-6-4-3-5-7-13;2*1-9-3-5-14-7-11(9)18(2)13-10-4-6-15-12(10)16-8-17-13;7-5-4-1-2-8-6(4)10-3-9-5;1-4(6)3-5-2/h3-8,10,14-15,18H,9,11-13H2,1-2H3,(H,21,22,23);4,7,10-11,13H,3,5,8-9H2,1-2H3,(H,18,19,20);3-7,12,14-15H,8-11H2,1-2H3;2*4,6,8-9,11,14H,3,5,7H2,1-2H3,(H,15,16,17);1-3H,(H,8,9,10);3H2,1H3/t;11-,13+;;9-,11+;;;/m.1.1.../s1. The normalized spacial score (nSPS) is 21.3. The predicted molar refractivity (Wildman–Crippen MR) is 463 cm³/mol. The van der Waals surface area contributed by atoms with Crippen LogP contribution in [0, 0.1) is 47.5 Å². The number of nitrogens with zero attached hydrogens (tertiary/aromatic N) is 19. The van der Waals surface area contributed by atoms with Gasteiger partial charge < -0.3 is 70.2 Å². The van der Waals surface area contributed by atoms with Crippen LogP contribution >= 0.6 is 11.6 Å². The van der Waals surface area contributed by atoms with Crippen molar-refractivity contribution < 1.29 is 9.59 Å². The second-order valence-electron chi connectivity index (χ2n) is 31.1. The Balaban J connectivity index is 0.000000137. The van der Waals surface area contributed by atoms with Crippen molar-refractivity contribution in [2.24, 2.45) is 29.6 Å². The van der Waals surface area contributed by atoms with Crippen LogP contribution in [0.2, 0.25) is 5.15 Å². The Bertz CT molecular complexity index is 5000. The van der Waals surface area contributed by atoms with Crippen LogP contribution in [0.25, 0.3) is 60.0 Å². The summed E-state index contributed by atoms with van der Waals surface area (Å²) in [4.78, 5) is 98.8. The molecule has 0 bridgehead atoms. The Morgan fingerprint density at radius 1 is 0.491 bits per heavy atom. The first-order valence-electron chi connectivity index (χ1n) is 40.4. The Hall–Kier alpha value is -11.1. The van der Waals surface area contributed by atoms with Gasteiger partial charge in [0.25, 0.3) is 6.54 Å². The lowest BCUT2D eigenvalue weighted by Gasteiger charge is -2.42. The average molecular weight is 1590 g/mol. The van der Waals surface area contributed by atoms with Gasteiger partial charge >= 0.3 is 0 Å². The predicted octanol–water partition coefficient (Wildman–Crippen LogP) is 11.9. The van der Waals surface area contributed by atoms with Crippen molar-refractivity contribution in [2.75, 3.05) is 127 Å². The minimum absolute atomic E-state index is 0.0278. The maximum Gasteiger partial charge on any atom is 0.271 e. The topological polar surface area (TPSA) is 329 Å². The molecule has 5 saturated heterocycles. The monoisotopic (exact) mass is 1590 g/mol. The quantitative estimate of drug-likeness (QED) is 0.0349.